The maximum atomic E-state index is 13.3. The van der Waals surface area contributed by atoms with Crippen LogP contribution in [-0.4, -0.2) is 30.7 Å². The molecule has 7 nitrogen and oxygen atoms in total. The zero-order chi connectivity index (χ0) is 20.2. The van der Waals surface area contributed by atoms with Gasteiger partial charge in [0.1, 0.15) is 24.4 Å². The number of hydrogen-bond donors (Lipinski definition) is 0. The summed E-state index contributed by atoms with van der Waals surface area (Å²) in [5, 5.41) is 12.0. The molecule has 0 aliphatic heterocycles. The number of nitrogens with zero attached hydrogens (tertiary/aromatic N) is 5. The van der Waals surface area contributed by atoms with Gasteiger partial charge in [0.25, 0.3) is 5.22 Å². The number of rotatable bonds is 7. The maximum Gasteiger partial charge on any atom is 0.277 e. The Balaban J connectivity index is 1.60. The highest BCUT2D eigenvalue weighted by Crippen LogP contribution is 2.37. The molecule has 0 fully saturated rings. The molecule has 0 saturated carbocycles. The van der Waals surface area contributed by atoms with Crippen molar-refractivity contribution in [2.24, 2.45) is 0 Å². The van der Waals surface area contributed by atoms with E-state index < -0.39 is 5.25 Å². The molecule has 0 aliphatic carbocycles. The van der Waals surface area contributed by atoms with Crippen molar-refractivity contribution < 1.29 is 9.21 Å². The molecule has 2 heterocycles. The van der Waals surface area contributed by atoms with Crippen molar-refractivity contribution in [1.82, 2.24) is 25.0 Å². The normalized spacial score (nSPS) is 12.1. The van der Waals surface area contributed by atoms with Crippen LogP contribution in [0.4, 0.5) is 0 Å². The van der Waals surface area contributed by atoms with Gasteiger partial charge in [-0.15, -0.1) is 10.2 Å². The van der Waals surface area contributed by atoms with E-state index in [-0.39, 0.29) is 5.78 Å². The minimum atomic E-state index is -0.488. The molecule has 0 amide bonds. The highest BCUT2D eigenvalue weighted by atomic mass is 32.2. The van der Waals surface area contributed by atoms with Gasteiger partial charge in [-0.1, -0.05) is 59.7 Å². The van der Waals surface area contributed by atoms with Crippen LogP contribution in [0, 0.1) is 13.8 Å². The number of carbonyl (C=O) groups is 1. The second kappa shape index (κ2) is 8.40. The van der Waals surface area contributed by atoms with Gasteiger partial charge >= 0.3 is 0 Å². The number of benzene rings is 2. The first kappa shape index (κ1) is 19.1. The predicted molar refractivity (Wildman–Crippen MR) is 109 cm³/mol. The molecule has 0 spiro atoms. The van der Waals surface area contributed by atoms with Crippen LogP contribution in [-0.2, 0) is 6.54 Å². The third-order valence-corrected chi connectivity index (χ3v) is 5.47. The Bertz CT molecular complexity index is 1090. The Morgan fingerprint density at radius 2 is 1.72 bits per heavy atom. The van der Waals surface area contributed by atoms with E-state index >= 15 is 0 Å². The van der Waals surface area contributed by atoms with Gasteiger partial charge in [-0.05, 0) is 31.2 Å². The summed E-state index contributed by atoms with van der Waals surface area (Å²) in [5.41, 5.74) is 3.78. The molecule has 146 valence electrons. The number of thioether (sulfide) groups is 1. The largest absolute Gasteiger partial charge is 0.414 e. The second-order valence-electron chi connectivity index (χ2n) is 6.69. The first-order valence-electron chi connectivity index (χ1n) is 9.07. The molecule has 0 saturated heterocycles. The van der Waals surface area contributed by atoms with Gasteiger partial charge in [-0.25, -0.2) is 9.67 Å². The molecule has 2 aromatic carbocycles. The number of Topliss-reactive ketones (excluding diaryl/α,β-unsaturated/α-hetero) is 1. The minimum absolute atomic E-state index is 0.00474. The molecule has 4 aromatic rings. The lowest BCUT2D eigenvalue weighted by atomic mass is 10.0. The van der Waals surface area contributed by atoms with Crippen molar-refractivity contribution in [1.29, 1.82) is 0 Å². The van der Waals surface area contributed by atoms with Crippen LogP contribution in [0.3, 0.4) is 0 Å². The number of aromatic nitrogens is 5. The van der Waals surface area contributed by atoms with E-state index in [0.29, 0.717) is 23.2 Å². The third kappa shape index (κ3) is 4.60. The second-order valence-corrected chi connectivity index (χ2v) is 7.75. The summed E-state index contributed by atoms with van der Waals surface area (Å²) in [6.45, 7) is 4.34. The van der Waals surface area contributed by atoms with Crippen LogP contribution < -0.4 is 0 Å². The molecule has 0 N–H and O–H groups in total. The Kier molecular flexibility index (Phi) is 5.53. The summed E-state index contributed by atoms with van der Waals surface area (Å²) < 4.78 is 7.33. The summed E-state index contributed by atoms with van der Waals surface area (Å²) in [7, 11) is 0. The monoisotopic (exact) mass is 405 g/mol. The number of carbonyl (C=O) groups excluding carboxylic acids is 1. The topological polar surface area (TPSA) is 86.7 Å². The molecule has 1 unspecified atom stereocenters. The zero-order valence-corrected chi connectivity index (χ0v) is 16.8. The van der Waals surface area contributed by atoms with Crippen molar-refractivity contribution in [2.45, 2.75) is 30.9 Å². The molecule has 0 aliphatic rings. The number of aryl methyl sites for hydroxylation is 2. The molecular weight excluding hydrogens is 386 g/mol. The van der Waals surface area contributed by atoms with Crippen molar-refractivity contribution in [3.8, 4) is 0 Å². The molecule has 29 heavy (non-hydrogen) atoms. The Morgan fingerprint density at radius 1 is 1.03 bits per heavy atom. The molecule has 1 atom stereocenters. The molecule has 8 heteroatoms. The summed E-state index contributed by atoms with van der Waals surface area (Å²) in [6, 6.07) is 15.5. The van der Waals surface area contributed by atoms with Crippen LogP contribution in [0.2, 0.25) is 0 Å². The standard InChI is InChI=1S/C21H19N5O2S/c1-14-3-7-16(8-4-14)19(27)20(17-9-5-15(2)6-10-17)29-21-25-24-18(28-21)11-26-13-22-12-23-26/h3-10,12-13,20H,11H2,1-2H3. The fourth-order valence-electron chi connectivity index (χ4n) is 2.79. The third-order valence-electron chi connectivity index (χ3n) is 4.39. The van der Waals surface area contributed by atoms with E-state index in [1.165, 1.54) is 18.1 Å². The van der Waals surface area contributed by atoms with Crippen molar-refractivity contribution in [2.75, 3.05) is 0 Å². The van der Waals surface area contributed by atoms with Crippen LogP contribution in [0.1, 0.15) is 38.2 Å². The van der Waals surface area contributed by atoms with E-state index in [9.17, 15) is 4.79 Å². The number of hydrogen-bond acceptors (Lipinski definition) is 7. The lowest BCUT2D eigenvalue weighted by Crippen LogP contribution is -2.10. The molecule has 0 radical (unpaired) electrons. The van der Waals surface area contributed by atoms with Gasteiger partial charge < -0.3 is 4.42 Å². The van der Waals surface area contributed by atoms with Crippen LogP contribution in [0.25, 0.3) is 0 Å². The van der Waals surface area contributed by atoms with E-state index in [0.717, 1.165) is 16.7 Å². The van der Waals surface area contributed by atoms with Gasteiger partial charge in [-0.2, -0.15) is 5.10 Å². The van der Waals surface area contributed by atoms with Gasteiger partial charge in [0.15, 0.2) is 5.78 Å². The van der Waals surface area contributed by atoms with Crippen LogP contribution in [0.5, 0.6) is 0 Å². The molecule has 0 bridgehead atoms. The fourth-order valence-corrected chi connectivity index (χ4v) is 3.76. The van der Waals surface area contributed by atoms with Crippen LogP contribution >= 0.6 is 11.8 Å². The fraction of sp³-hybridized carbons (Fsp3) is 0.190. The predicted octanol–water partition coefficient (Wildman–Crippen LogP) is 4.04. The Hall–Kier alpha value is -3.26. The lowest BCUT2D eigenvalue weighted by molar-refractivity contribution is 0.0989. The summed E-state index contributed by atoms with van der Waals surface area (Å²) in [4.78, 5) is 17.2. The molecular formula is C21H19N5O2S. The first-order chi connectivity index (χ1) is 14.1. The van der Waals surface area contributed by atoms with E-state index in [1.54, 1.807) is 11.0 Å². The highest BCUT2D eigenvalue weighted by Gasteiger charge is 2.26. The minimum Gasteiger partial charge on any atom is -0.414 e. The Labute approximate surface area is 172 Å². The SMILES string of the molecule is Cc1ccc(C(=O)C(Sc2nnc(Cn3cncn3)o2)c2ccc(C)cc2)cc1. The van der Waals surface area contributed by atoms with E-state index in [4.69, 9.17) is 4.42 Å². The van der Waals surface area contributed by atoms with Gasteiger partial charge in [0.05, 0.1) is 0 Å². The van der Waals surface area contributed by atoms with Gasteiger partial charge in [0, 0.05) is 5.56 Å². The summed E-state index contributed by atoms with van der Waals surface area (Å²) >= 11 is 1.25. The van der Waals surface area contributed by atoms with Crippen LogP contribution in [0.15, 0.2) is 70.8 Å². The van der Waals surface area contributed by atoms with Crippen molar-refractivity contribution in [3.05, 3.63) is 89.3 Å². The Morgan fingerprint density at radius 3 is 2.38 bits per heavy atom. The van der Waals surface area contributed by atoms with E-state index in [2.05, 4.69) is 20.3 Å². The number of ketones is 1. The quantitative estimate of drug-likeness (QED) is 0.339. The lowest BCUT2D eigenvalue weighted by Gasteiger charge is -2.14. The van der Waals surface area contributed by atoms with Gasteiger partial charge in [-0.3, -0.25) is 4.79 Å². The molecule has 2 aromatic heterocycles. The average Bonchev–Trinajstić information content (AvgIpc) is 3.39. The smallest absolute Gasteiger partial charge is 0.277 e. The van der Waals surface area contributed by atoms with Gasteiger partial charge in [0.2, 0.25) is 5.89 Å². The zero-order valence-electron chi connectivity index (χ0n) is 16.0. The summed E-state index contributed by atoms with van der Waals surface area (Å²) in [6.07, 6.45) is 3.02. The van der Waals surface area contributed by atoms with Crippen molar-refractivity contribution in [3.63, 3.8) is 0 Å². The maximum absolute atomic E-state index is 13.3. The summed E-state index contributed by atoms with van der Waals surface area (Å²) in [5.74, 6) is 0.401. The van der Waals surface area contributed by atoms with E-state index in [1.807, 2.05) is 62.4 Å². The van der Waals surface area contributed by atoms with Crippen molar-refractivity contribution >= 4 is 17.5 Å². The first-order valence-corrected chi connectivity index (χ1v) is 9.95. The molecule has 4 rings (SSSR count). The average molecular weight is 405 g/mol. The highest BCUT2D eigenvalue weighted by molar-refractivity contribution is 8.00.